The van der Waals surface area contributed by atoms with E-state index in [0.717, 1.165) is 0 Å². The molecule has 1 N–H and O–H groups in total. The Hall–Kier alpha value is -0.345. The highest BCUT2D eigenvalue weighted by atomic mass is 16.5. The van der Waals surface area contributed by atoms with Gasteiger partial charge in [-0.2, -0.15) is 0 Å². The highest BCUT2D eigenvalue weighted by Gasteiger charge is 1.90. The van der Waals surface area contributed by atoms with Gasteiger partial charge in [-0.05, 0) is 6.92 Å². The zero-order valence-corrected chi connectivity index (χ0v) is 4.05. The van der Waals surface area contributed by atoms with Crippen LogP contribution in [-0.4, -0.2) is 25.1 Å². The van der Waals surface area contributed by atoms with Gasteiger partial charge in [-0.15, -0.1) is 0 Å². The average molecular weight is 101 g/mol. The molecular weight excluding hydrogens is 94.8 g/mol. The molecule has 0 aromatic heterocycles. The Morgan fingerprint density at radius 2 is 2.57 bits per heavy atom. The molecule has 0 unspecified atom stereocenters. The van der Waals surface area contributed by atoms with Gasteiger partial charge in [0.15, 0.2) is 5.78 Å². The van der Waals surface area contributed by atoms with Crippen LogP contribution < -0.4 is 0 Å². The zero-order chi connectivity index (χ0) is 5.70. The number of ketones is 1. The SMILES string of the molecule is CC(=O)CO[B]O. The summed E-state index contributed by atoms with van der Waals surface area (Å²) >= 11 is 0. The van der Waals surface area contributed by atoms with Gasteiger partial charge in [0.2, 0.25) is 0 Å². The van der Waals surface area contributed by atoms with Crippen molar-refractivity contribution >= 4 is 13.5 Å². The lowest BCUT2D eigenvalue weighted by molar-refractivity contribution is -0.119. The molecule has 0 atom stereocenters. The Morgan fingerprint density at radius 3 is 2.71 bits per heavy atom. The van der Waals surface area contributed by atoms with Crippen LogP contribution in [0.25, 0.3) is 0 Å². The molecule has 0 bridgehead atoms. The van der Waals surface area contributed by atoms with Gasteiger partial charge in [0.25, 0.3) is 0 Å². The van der Waals surface area contributed by atoms with E-state index in [1.807, 2.05) is 0 Å². The second-order valence-corrected chi connectivity index (χ2v) is 1.12. The monoisotopic (exact) mass is 101 g/mol. The summed E-state index contributed by atoms with van der Waals surface area (Å²) in [5.41, 5.74) is 0. The van der Waals surface area contributed by atoms with Crippen LogP contribution in [0.2, 0.25) is 0 Å². The van der Waals surface area contributed by atoms with E-state index in [1.165, 1.54) is 6.92 Å². The van der Waals surface area contributed by atoms with Crippen LogP contribution in [0, 0.1) is 0 Å². The van der Waals surface area contributed by atoms with Crippen LogP contribution in [0.15, 0.2) is 0 Å². The maximum Gasteiger partial charge on any atom is 0.485 e. The minimum atomic E-state index is -0.106. The van der Waals surface area contributed by atoms with Crippen LogP contribution >= 0.6 is 0 Å². The van der Waals surface area contributed by atoms with Crippen molar-refractivity contribution in [2.75, 3.05) is 6.61 Å². The summed E-state index contributed by atoms with van der Waals surface area (Å²) in [5.74, 6) is -0.106. The fourth-order valence-corrected chi connectivity index (χ4v) is 0.155. The molecule has 0 aliphatic rings. The fraction of sp³-hybridized carbons (Fsp3) is 0.667. The molecule has 0 fully saturated rings. The molecule has 0 aliphatic carbocycles. The lowest BCUT2D eigenvalue weighted by Crippen LogP contribution is -2.06. The van der Waals surface area contributed by atoms with E-state index in [9.17, 15) is 4.79 Å². The van der Waals surface area contributed by atoms with Gasteiger partial charge in [-0.3, -0.25) is 4.79 Å². The van der Waals surface area contributed by atoms with Gasteiger partial charge in [0.1, 0.15) is 0 Å². The molecule has 0 amide bonds. The summed E-state index contributed by atoms with van der Waals surface area (Å²) in [6, 6.07) is 0. The van der Waals surface area contributed by atoms with Crippen LogP contribution in [-0.2, 0) is 9.45 Å². The summed E-state index contributed by atoms with van der Waals surface area (Å²) in [6.07, 6.45) is 0. The van der Waals surface area contributed by atoms with Crippen molar-refractivity contribution < 1.29 is 14.5 Å². The zero-order valence-electron chi connectivity index (χ0n) is 4.05. The van der Waals surface area contributed by atoms with E-state index in [0.29, 0.717) is 7.69 Å². The molecule has 0 heterocycles. The normalized spacial score (nSPS) is 8.29. The Balaban J connectivity index is 2.82. The van der Waals surface area contributed by atoms with Gasteiger partial charge < -0.3 is 9.68 Å². The maximum atomic E-state index is 9.95. The predicted molar refractivity (Wildman–Crippen MR) is 24.6 cm³/mol. The third-order valence-electron chi connectivity index (χ3n) is 0.361. The molecule has 0 saturated carbocycles. The summed E-state index contributed by atoms with van der Waals surface area (Å²) < 4.78 is 4.18. The second-order valence-electron chi connectivity index (χ2n) is 1.12. The second kappa shape index (κ2) is 3.83. The van der Waals surface area contributed by atoms with Crippen LogP contribution in [0.3, 0.4) is 0 Å². The van der Waals surface area contributed by atoms with E-state index in [2.05, 4.69) is 4.65 Å². The molecule has 0 aromatic rings. The van der Waals surface area contributed by atoms with Gasteiger partial charge in [0.05, 0.1) is 6.61 Å². The van der Waals surface area contributed by atoms with Crippen molar-refractivity contribution in [2.45, 2.75) is 6.92 Å². The molecule has 7 heavy (non-hydrogen) atoms. The van der Waals surface area contributed by atoms with Crippen molar-refractivity contribution in [3.63, 3.8) is 0 Å². The first-order valence-electron chi connectivity index (χ1n) is 1.84. The number of Topliss-reactive ketones (excluding diaryl/α,β-unsaturated/α-hetero) is 1. The molecule has 1 radical (unpaired) electrons. The van der Waals surface area contributed by atoms with E-state index >= 15 is 0 Å². The number of hydrogen-bond donors (Lipinski definition) is 1. The molecule has 0 rings (SSSR count). The minimum Gasteiger partial charge on any atom is -0.429 e. The molecule has 0 saturated heterocycles. The maximum absolute atomic E-state index is 9.95. The summed E-state index contributed by atoms with van der Waals surface area (Å²) in [4.78, 5) is 9.95. The fourth-order valence-electron chi connectivity index (χ4n) is 0.155. The van der Waals surface area contributed by atoms with Crippen molar-refractivity contribution in [3.8, 4) is 0 Å². The van der Waals surface area contributed by atoms with E-state index in [4.69, 9.17) is 5.02 Å². The highest BCUT2D eigenvalue weighted by molar-refractivity contribution is 6.16. The number of carbonyl (C=O) groups excluding carboxylic acids is 1. The van der Waals surface area contributed by atoms with Crippen molar-refractivity contribution in [1.82, 2.24) is 0 Å². The highest BCUT2D eigenvalue weighted by Crippen LogP contribution is 1.68. The number of hydrogen-bond acceptors (Lipinski definition) is 3. The number of rotatable bonds is 3. The standard InChI is InChI=1S/C3H6BO3/c1-3(5)2-7-4-6/h6H,2H2,1H3. The first-order valence-corrected chi connectivity index (χ1v) is 1.84. The lowest BCUT2D eigenvalue weighted by Gasteiger charge is -1.88. The molecular formula is C3H6BO3. The largest absolute Gasteiger partial charge is 0.485 e. The van der Waals surface area contributed by atoms with Crippen molar-refractivity contribution in [3.05, 3.63) is 0 Å². The molecule has 3 nitrogen and oxygen atoms in total. The van der Waals surface area contributed by atoms with Crippen LogP contribution in [0.1, 0.15) is 6.92 Å². The summed E-state index contributed by atoms with van der Waals surface area (Å²) in [6.45, 7) is 1.33. The van der Waals surface area contributed by atoms with Gasteiger partial charge in [-0.25, -0.2) is 0 Å². The molecule has 39 valence electrons. The van der Waals surface area contributed by atoms with E-state index in [1.54, 1.807) is 0 Å². The van der Waals surface area contributed by atoms with E-state index < -0.39 is 0 Å². The Morgan fingerprint density at radius 1 is 2.00 bits per heavy atom. The van der Waals surface area contributed by atoms with Crippen LogP contribution in [0.4, 0.5) is 0 Å². The topological polar surface area (TPSA) is 46.5 Å². The smallest absolute Gasteiger partial charge is 0.429 e. The van der Waals surface area contributed by atoms with Gasteiger partial charge >= 0.3 is 7.69 Å². The molecule has 0 aliphatic heterocycles. The summed E-state index contributed by atoms with van der Waals surface area (Å²) in [5, 5.41) is 7.82. The molecule has 0 spiro atoms. The van der Waals surface area contributed by atoms with Crippen LogP contribution in [0.5, 0.6) is 0 Å². The third kappa shape index (κ3) is 5.65. The van der Waals surface area contributed by atoms with Gasteiger partial charge in [-0.1, -0.05) is 0 Å². The van der Waals surface area contributed by atoms with Crippen molar-refractivity contribution in [1.29, 1.82) is 0 Å². The number of carbonyl (C=O) groups is 1. The quantitative estimate of drug-likeness (QED) is 0.469. The minimum absolute atomic E-state index is 0.0451. The first-order chi connectivity index (χ1) is 3.27. The Bertz CT molecular complexity index is 63.2. The average Bonchev–Trinajstić information content (AvgIpc) is 1.61. The predicted octanol–water partition coefficient (Wildman–Crippen LogP) is -0.882. The first kappa shape index (κ1) is 6.65. The lowest BCUT2D eigenvalue weighted by atomic mass is 10.4. The molecule has 0 aromatic carbocycles. The Kier molecular flexibility index (Phi) is 3.64. The van der Waals surface area contributed by atoms with E-state index in [-0.39, 0.29) is 12.4 Å². The van der Waals surface area contributed by atoms with Gasteiger partial charge in [0, 0.05) is 0 Å². The Labute approximate surface area is 42.6 Å². The third-order valence-corrected chi connectivity index (χ3v) is 0.361. The van der Waals surface area contributed by atoms with Crippen molar-refractivity contribution in [2.24, 2.45) is 0 Å². The molecule has 4 heteroatoms. The summed E-state index contributed by atoms with van der Waals surface area (Å²) in [7, 11) is 0.501.